The van der Waals surface area contributed by atoms with Crippen LogP contribution in [0.25, 0.3) is 5.69 Å². The molecule has 2 atom stereocenters. The number of rotatable bonds is 5. The van der Waals surface area contributed by atoms with Crippen LogP contribution in [0.1, 0.15) is 38.3 Å². The molecule has 2 aromatic rings. The molecule has 106 valence electrons. The van der Waals surface area contributed by atoms with Gasteiger partial charge in [-0.05, 0) is 37.4 Å². The van der Waals surface area contributed by atoms with Gasteiger partial charge in [-0.3, -0.25) is 0 Å². The molecule has 1 aromatic carbocycles. The Morgan fingerprint density at radius 3 is 2.70 bits per heavy atom. The van der Waals surface area contributed by atoms with Gasteiger partial charge in [-0.15, -0.1) is 5.10 Å². The molecule has 0 amide bonds. The maximum Gasteiger partial charge on any atom is 0.0732 e. The predicted molar refractivity (Wildman–Crippen MR) is 80.0 cm³/mol. The maximum absolute atomic E-state index is 4.27. The largest absolute Gasteiger partial charge is 0.314 e. The van der Waals surface area contributed by atoms with E-state index in [0.717, 1.165) is 12.2 Å². The van der Waals surface area contributed by atoms with E-state index in [9.17, 15) is 0 Å². The van der Waals surface area contributed by atoms with E-state index in [-0.39, 0.29) is 0 Å². The van der Waals surface area contributed by atoms with E-state index in [0.29, 0.717) is 17.9 Å². The summed E-state index contributed by atoms with van der Waals surface area (Å²) in [4.78, 5) is 0. The van der Waals surface area contributed by atoms with Crippen LogP contribution >= 0.6 is 0 Å². The summed E-state index contributed by atoms with van der Waals surface area (Å²) in [5.41, 5.74) is 2.35. The molecule has 1 saturated carbocycles. The third kappa shape index (κ3) is 2.61. The number of nitrogens with zero attached hydrogens (tertiary/aromatic N) is 3. The van der Waals surface area contributed by atoms with E-state index in [4.69, 9.17) is 0 Å². The summed E-state index contributed by atoms with van der Waals surface area (Å²) >= 11 is 0. The second kappa shape index (κ2) is 5.75. The van der Waals surface area contributed by atoms with Crippen LogP contribution in [-0.4, -0.2) is 27.6 Å². The van der Waals surface area contributed by atoms with Crippen molar-refractivity contribution < 1.29 is 0 Å². The Bertz CT molecular complexity index is 547. The summed E-state index contributed by atoms with van der Waals surface area (Å²) in [5, 5.41) is 11.9. The van der Waals surface area contributed by atoms with E-state index in [1.165, 1.54) is 18.5 Å². The Morgan fingerprint density at radius 2 is 2.05 bits per heavy atom. The number of nitrogens with one attached hydrogen (secondary N) is 1. The van der Waals surface area contributed by atoms with Crippen molar-refractivity contribution in [1.29, 1.82) is 0 Å². The lowest BCUT2D eigenvalue weighted by Gasteiger charge is -2.37. The lowest BCUT2D eigenvalue weighted by molar-refractivity contribution is 0.233. The first kappa shape index (κ1) is 13.3. The topological polar surface area (TPSA) is 42.7 Å². The molecular formula is C16H22N4. The van der Waals surface area contributed by atoms with E-state index < -0.39 is 0 Å². The van der Waals surface area contributed by atoms with E-state index in [2.05, 4.69) is 41.6 Å². The average molecular weight is 270 g/mol. The van der Waals surface area contributed by atoms with Crippen molar-refractivity contribution in [1.82, 2.24) is 20.3 Å². The summed E-state index contributed by atoms with van der Waals surface area (Å²) in [7, 11) is 0. The normalized spacial score (nSPS) is 21.9. The third-order valence-electron chi connectivity index (χ3n) is 4.16. The number of hydrogen-bond acceptors (Lipinski definition) is 3. The molecule has 1 aromatic heterocycles. The highest BCUT2D eigenvalue weighted by Crippen LogP contribution is 2.42. The van der Waals surface area contributed by atoms with Gasteiger partial charge >= 0.3 is 0 Å². The van der Waals surface area contributed by atoms with Gasteiger partial charge in [0.05, 0.1) is 17.6 Å². The summed E-state index contributed by atoms with van der Waals surface area (Å²) in [6.45, 7) is 5.48. The quantitative estimate of drug-likeness (QED) is 0.908. The molecule has 1 aliphatic rings. The van der Waals surface area contributed by atoms with Crippen molar-refractivity contribution in [3.63, 3.8) is 0 Å². The smallest absolute Gasteiger partial charge is 0.0732 e. The second-order valence-electron chi connectivity index (χ2n) is 5.91. The lowest BCUT2D eigenvalue weighted by Crippen LogP contribution is -2.37. The minimum atomic E-state index is 0.549. The van der Waals surface area contributed by atoms with Crippen LogP contribution in [-0.2, 0) is 0 Å². The lowest BCUT2D eigenvalue weighted by atomic mass is 9.72. The zero-order valence-corrected chi connectivity index (χ0v) is 12.2. The molecule has 1 fully saturated rings. The van der Waals surface area contributed by atoms with E-state index in [1.807, 2.05) is 29.1 Å². The van der Waals surface area contributed by atoms with Crippen LogP contribution in [0.3, 0.4) is 0 Å². The first-order valence-corrected chi connectivity index (χ1v) is 7.45. The predicted octanol–water partition coefficient (Wildman–Crippen LogP) is 2.76. The molecule has 0 aliphatic heterocycles. The van der Waals surface area contributed by atoms with Crippen LogP contribution in [0.4, 0.5) is 0 Å². The molecule has 4 nitrogen and oxygen atoms in total. The number of hydrogen-bond donors (Lipinski definition) is 1. The van der Waals surface area contributed by atoms with Gasteiger partial charge in [-0.25, -0.2) is 4.68 Å². The van der Waals surface area contributed by atoms with Crippen LogP contribution < -0.4 is 5.32 Å². The van der Waals surface area contributed by atoms with Gasteiger partial charge < -0.3 is 5.32 Å². The maximum atomic E-state index is 4.27. The summed E-state index contributed by atoms with van der Waals surface area (Å²) in [6.07, 6.45) is 4.47. The fourth-order valence-electron chi connectivity index (χ4n) is 2.86. The van der Waals surface area contributed by atoms with Crippen molar-refractivity contribution in [2.45, 2.75) is 38.6 Å². The van der Waals surface area contributed by atoms with Crippen molar-refractivity contribution >= 4 is 0 Å². The molecule has 0 bridgehead atoms. The molecule has 2 unspecified atom stereocenters. The molecule has 0 spiro atoms. The van der Waals surface area contributed by atoms with Gasteiger partial charge in [0.2, 0.25) is 0 Å². The third-order valence-corrected chi connectivity index (χ3v) is 4.16. The van der Waals surface area contributed by atoms with Crippen LogP contribution in [0.5, 0.6) is 0 Å². The highest BCUT2D eigenvalue weighted by molar-refractivity contribution is 5.33. The molecule has 1 N–H and O–H groups in total. The number of aromatic nitrogens is 3. The first-order valence-electron chi connectivity index (χ1n) is 7.45. The van der Waals surface area contributed by atoms with Crippen molar-refractivity contribution in [2.75, 3.05) is 6.54 Å². The van der Waals surface area contributed by atoms with Crippen molar-refractivity contribution in [3.05, 3.63) is 42.2 Å². The van der Waals surface area contributed by atoms with Crippen molar-refractivity contribution in [2.24, 2.45) is 5.92 Å². The summed E-state index contributed by atoms with van der Waals surface area (Å²) in [5.74, 6) is 1.29. The number of para-hydroxylation sites is 1. The van der Waals surface area contributed by atoms with E-state index >= 15 is 0 Å². The molecule has 1 heterocycles. The van der Waals surface area contributed by atoms with Crippen LogP contribution in [0.2, 0.25) is 0 Å². The molecule has 20 heavy (non-hydrogen) atoms. The molecule has 3 rings (SSSR count). The van der Waals surface area contributed by atoms with Gasteiger partial charge in [0.25, 0.3) is 0 Å². The van der Waals surface area contributed by atoms with Gasteiger partial charge in [0.15, 0.2) is 0 Å². The monoisotopic (exact) mass is 270 g/mol. The van der Waals surface area contributed by atoms with E-state index in [1.54, 1.807) is 0 Å². The fraction of sp³-hybridized carbons (Fsp3) is 0.500. The second-order valence-corrected chi connectivity index (χ2v) is 5.91. The van der Waals surface area contributed by atoms with Gasteiger partial charge in [0, 0.05) is 12.0 Å². The SMILES string of the molecule is CC(C)NCC1CCC1c1cnnn1-c1ccccc1. The molecule has 0 saturated heterocycles. The fourth-order valence-corrected chi connectivity index (χ4v) is 2.86. The van der Waals surface area contributed by atoms with Crippen molar-refractivity contribution in [3.8, 4) is 5.69 Å². The Kier molecular flexibility index (Phi) is 3.83. The van der Waals surface area contributed by atoms with Gasteiger partial charge in [-0.1, -0.05) is 37.3 Å². The van der Waals surface area contributed by atoms with Gasteiger partial charge in [-0.2, -0.15) is 0 Å². The Balaban J connectivity index is 1.77. The average Bonchev–Trinajstić information content (AvgIpc) is 2.87. The van der Waals surface area contributed by atoms with Gasteiger partial charge in [0.1, 0.15) is 0 Å². The minimum Gasteiger partial charge on any atom is -0.314 e. The van der Waals surface area contributed by atoms with Crippen LogP contribution in [0.15, 0.2) is 36.5 Å². The Hall–Kier alpha value is -1.68. The summed E-state index contributed by atoms with van der Waals surface area (Å²) < 4.78 is 1.99. The first-order chi connectivity index (χ1) is 9.75. The zero-order valence-electron chi connectivity index (χ0n) is 12.2. The van der Waals surface area contributed by atoms with Crippen LogP contribution in [0, 0.1) is 5.92 Å². The summed E-state index contributed by atoms with van der Waals surface area (Å²) in [6, 6.07) is 10.8. The molecular weight excluding hydrogens is 248 g/mol. The minimum absolute atomic E-state index is 0.549. The Morgan fingerprint density at radius 1 is 1.25 bits per heavy atom. The standard InChI is InChI=1S/C16H22N4/c1-12(2)17-10-13-8-9-15(13)16-11-18-19-20(16)14-6-4-3-5-7-14/h3-7,11-13,15,17H,8-10H2,1-2H3. The zero-order chi connectivity index (χ0) is 13.9. The molecule has 0 radical (unpaired) electrons. The highest BCUT2D eigenvalue weighted by atomic mass is 15.4. The number of benzene rings is 1. The molecule has 4 heteroatoms. The Labute approximate surface area is 120 Å². The highest BCUT2D eigenvalue weighted by Gasteiger charge is 2.34. The molecule has 1 aliphatic carbocycles.